The van der Waals surface area contributed by atoms with Crippen LogP contribution in [0.25, 0.3) is 0 Å². The largest absolute Gasteiger partial charge is 0.456 e. The van der Waals surface area contributed by atoms with E-state index in [4.69, 9.17) is 4.74 Å². The number of non-ortho nitro benzene ring substituents is 1. The molecule has 4 rings (SSSR count). The van der Waals surface area contributed by atoms with Crippen LogP contribution >= 0.6 is 11.8 Å². The number of aliphatic hydroxyl groups excluding tert-OH is 1. The molecule has 2 unspecified atom stereocenters. The summed E-state index contributed by atoms with van der Waals surface area (Å²) >= 11 is 1.42. The van der Waals surface area contributed by atoms with Gasteiger partial charge in [0.1, 0.15) is 17.7 Å². The molecular formula is C22H19N3O6S. The lowest BCUT2D eigenvalue weighted by Crippen LogP contribution is -2.61. The zero-order chi connectivity index (χ0) is 22.7. The van der Waals surface area contributed by atoms with Crippen LogP contribution in [0.4, 0.5) is 5.69 Å². The number of carbonyl (C=O) groups is 2. The highest BCUT2D eigenvalue weighted by molar-refractivity contribution is 8.14. The molecule has 2 aliphatic rings. The topological polar surface area (TPSA) is 122 Å². The number of β-lactam (4-membered cyclic amide) rings is 1. The highest BCUT2D eigenvalue weighted by Crippen LogP contribution is 2.42. The number of nitrogens with zero attached hydrogens (tertiary/aromatic N) is 3. The van der Waals surface area contributed by atoms with Gasteiger partial charge in [0.05, 0.1) is 16.6 Å². The number of aliphatic hydroxyl groups is 1. The van der Waals surface area contributed by atoms with Gasteiger partial charge >= 0.3 is 5.97 Å². The second-order valence-electron chi connectivity index (χ2n) is 7.12. The second-order valence-corrected chi connectivity index (χ2v) is 8.31. The Hall–Kier alpha value is -3.50. The van der Waals surface area contributed by atoms with E-state index in [-0.39, 0.29) is 29.3 Å². The maximum absolute atomic E-state index is 12.7. The number of nitro benzene ring substituents is 1. The molecule has 2 aromatic rings. The molecule has 10 heteroatoms. The minimum Gasteiger partial charge on any atom is -0.456 e. The van der Waals surface area contributed by atoms with E-state index in [1.807, 2.05) is 30.3 Å². The van der Waals surface area contributed by atoms with Crippen molar-refractivity contribution in [1.29, 1.82) is 0 Å². The first kappa shape index (κ1) is 21.7. The fourth-order valence-electron chi connectivity index (χ4n) is 3.43. The molecule has 0 bridgehead atoms. The van der Waals surface area contributed by atoms with E-state index in [0.29, 0.717) is 12.0 Å². The van der Waals surface area contributed by atoms with E-state index in [0.717, 1.165) is 10.6 Å². The van der Waals surface area contributed by atoms with Crippen LogP contribution in [0.15, 0.2) is 71.4 Å². The van der Waals surface area contributed by atoms with E-state index in [2.05, 4.69) is 4.99 Å². The lowest BCUT2D eigenvalue weighted by Gasteiger charge is -2.41. The number of hydrogen-bond acceptors (Lipinski definition) is 8. The molecule has 2 atom stereocenters. The van der Waals surface area contributed by atoms with Crippen LogP contribution < -0.4 is 0 Å². The smallest absolute Gasteiger partial charge is 0.355 e. The quantitative estimate of drug-likeness (QED) is 0.214. The molecule has 9 nitrogen and oxygen atoms in total. The number of esters is 1. The summed E-state index contributed by atoms with van der Waals surface area (Å²) in [4.78, 5) is 41.3. The summed E-state index contributed by atoms with van der Waals surface area (Å²) in [5, 5.41) is 20.6. The first-order valence-corrected chi connectivity index (χ1v) is 10.7. The van der Waals surface area contributed by atoms with Crippen molar-refractivity contribution in [2.24, 2.45) is 4.99 Å². The van der Waals surface area contributed by atoms with Crippen molar-refractivity contribution in [3.8, 4) is 0 Å². The molecule has 164 valence electrons. The third-order valence-electron chi connectivity index (χ3n) is 5.02. The van der Waals surface area contributed by atoms with Crippen molar-refractivity contribution in [1.82, 2.24) is 4.90 Å². The third-order valence-corrected chi connectivity index (χ3v) is 6.26. The van der Waals surface area contributed by atoms with Gasteiger partial charge in [-0.15, -0.1) is 0 Å². The molecule has 1 fully saturated rings. The van der Waals surface area contributed by atoms with Gasteiger partial charge in [0.15, 0.2) is 6.04 Å². The van der Waals surface area contributed by atoms with Crippen LogP contribution in [-0.2, 0) is 27.4 Å². The highest BCUT2D eigenvalue weighted by Gasteiger charge is 2.54. The van der Waals surface area contributed by atoms with Crippen LogP contribution in [0, 0.1) is 10.1 Å². The number of hydrogen-bond donors (Lipinski definition) is 1. The number of carbonyl (C=O) groups excluding carboxylic acids is 2. The van der Waals surface area contributed by atoms with Crippen molar-refractivity contribution in [3.05, 3.63) is 87.6 Å². The van der Waals surface area contributed by atoms with Crippen molar-refractivity contribution in [2.45, 2.75) is 24.4 Å². The molecule has 0 spiro atoms. The van der Waals surface area contributed by atoms with Crippen molar-refractivity contribution < 1.29 is 24.4 Å². The molecule has 0 radical (unpaired) electrons. The number of nitro groups is 1. The van der Waals surface area contributed by atoms with Gasteiger partial charge in [-0.05, 0) is 29.3 Å². The third kappa shape index (κ3) is 4.41. The molecule has 1 saturated heterocycles. The Bertz CT molecular complexity index is 1100. The van der Waals surface area contributed by atoms with Crippen LogP contribution in [0.1, 0.15) is 11.1 Å². The van der Waals surface area contributed by atoms with Gasteiger partial charge in [-0.25, -0.2) is 4.79 Å². The highest BCUT2D eigenvalue weighted by atomic mass is 32.2. The van der Waals surface area contributed by atoms with E-state index in [1.165, 1.54) is 47.0 Å². The van der Waals surface area contributed by atoms with Gasteiger partial charge < -0.3 is 9.84 Å². The summed E-state index contributed by atoms with van der Waals surface area (Å²) in [7, 11) is 0. The average Bonchev–Trinajstić information content (AvgIpc) is 3.16. The summed E-state index contributed by atoms with van der Waals surface area (Å²) in [6, 6.07) is 14.8. The van der Waals surface area contributed by atoms with Crippen molar-refractivity contribution in [3.63, 3.8) is 0 Å². The summed E-state index contributed by atoms with van der Waals surface area (Å²) in [6.07, 6.45) is 1.84. The average molecular weight is 453 g/mol. The molecule has 32 heavy (non-hydrogen) atoms. The Morgan fingerprint density at radius 1 is 1.19 bits per heavy atom. The molecule has 2 heterocycles. The molecule has 2 aromatic carbocycles. The number of amides is 1. The lowest BCUT2D eigenvalue weighted by atomic mass is 10.1. The normalized spacial score (nSPS) is 19.8. The van der Waals surface area contributed by atoms with Crippen LogP contribution in [-0.4, -0.2) is 49.9 Å². The molecule has 0 aliphatic carbocycles. The summed E-state index contributed by atoms with van der Waals surface area (Å²) in [5.74, 6) is -1.08. The number of aliphatic imine (C=N–C) groups is 1. The Morgan fingerprint density at radius 2 is 1.91 bits per heavy atom. The first-order chi connectivity index (χ1) is 15.5. The Labute approximate surface area is 187 Å². The molecular weight excluding hydrogens is 434 g/mol. The monoisotopic (exact) mass is 453 g/mol. The number of benzene rings is 2. The van der Waals surface area contributed by atoms with E-state index in [1.54, 1.807) is 0 Å². The Kier molecular flexibility index (Phi) is 6.33. The minimum atomic E-state index is -0.763. The lowest BCUT2D eigenvalue weighted by molar-refractivity contribution is -0.384. The number of thioether (sulfide) groups is 1. The standard InChI is InChI=1S/C22H19N3O6S/c26-11-10-17(22(28)31-13-15-6-8-16(9-7-15)25(29)30)24-20(27)19-21(24)32-18(23-19)12-14-4-2-1-3-5-14/h1-10,19,21,26H,11-13H2. The second kappa shape index (κ2) is 9.33. The zero-order valence-electron chi connectivity index (χ0n) is 16.8. The van der Waals surface area contributed by atoms with E-state index in [9.17, 15) is 24.8 Å². The van der Waals surface area contributed by atoms with Crippen LogP contribution in [0.3, 0.4) is 0 Å². The minimum absolute atomic E-state index is 0.0377. The predicted octanol–water partition coefficient (Wildman–Crippen LogP) is 2.44. The van der Waals surface area contributed by atoms with E-state index >= 15 is 0 Å². The van der Waals surface area contributed by atoms with E-state index < -0.39 is 23.5 Å². The molecule has 2 aliphatic heterocycles. The summed E-state index contributed by atoms with van der Waals surface area (Å²) in [5.41, 5.74) is 1.53. The van der Waals surface area contributed by atoms with Gasteiger partial charge in [-0.1, -0.05) is 42.1 Å². The Balaban J connectivity index is 1.40. The number of ether oxygens (including phenoxy) is 1. The maximum Gasteiger partial charge on any atom is 0.355 e. The molecule has 1 N–H and O–H groups in total. The van der Waals surface area contributed by atoms with Crippen molar-refractivity contribution in [2.75, 3.05) is 6.61 Å². The molecule has 0 saturated carbocycles. The van der Waals surface area contributed by atoms with Gasteiger partial charge in [0.25, 0.3) is 11.6 Å². The van der Waals surface area contributed by atoms with Crippen molar-refractivity contribution >= 4 is 34.4 Å². The number of likely N-dealkylation sites (tertiary alicyclic amines) is 1. The number of rotatable bonds is 8. The van der Waals surface area contributed by atoms with Gasteiger partial charge in [-0.3, -0.25) is 24.8 Å². The Morgan fingerprint density at radius 3 is 2.56 bits per heavy atom. The SMILES string of the molecule is O=C(OCc1ccc([N+](=O)[O-])cc1)C(=CCO)N1C(=O)C2N=C(Cc3ccccc3)SC21. The zero-order valence-corrected chi connectivity index (χ0v) is 17.6. The summed E-state index contributed by atoms with van der Waals surface area (Å²) in [6.45, 7) is -0.565. The molecule has 1 amide bonds. The fourth-order valence-corrected chi connectivity index (χ4v) is 4.76. The van der Waals surface area contributed by atoms with Gasteiger partial charge in [0.2, 0.25) is 0 Å². The molecule has 0 aromatic heterocycles. The summed E-state index contributed by atoms with van der Waals surface area (Å²) < 4.78 is 5.29. The maximum atomic E-state index is 12.7. The van der Waals surface area contributed by atoms with Gasteiger partial charge in [-0.2, -0.15) is 0 Å². The van der Waals surface area contributed by atoms with Crippen LogP contribution in [0.5, 0.6) is 0 Å². The van der Waals surface area contributed by atoms with Gasteiger partial charge in [0, 0.05) is 18.6 Å². The fraction of sp³-hybridized carbons (Fsp3) is 0.227. The first-order valence-electron chi connectivity index (χ1n) is 9.79. The predicted molar refractivity (Wildman–Crippen MR) is 118 cm³/mol. The van der Waals surface area contributed by atoms with Crippen LogP contribution in [0.2, 0.25) is 0 Å². The number of fused-ring (bicyclic) bond motifs is 1.